The smallest absolute Gasteiger partial charge is 0.414 e. The minimum atomic E-state index is -1.70. The molecule has 0 spiro atoms. The van der Waals surface area contributed by atoms with Crippen LogP contribution in [0.25, 0.3) is 17.0 Å². The van der Waals surface area contributed by atoms with Crippen molar-refractivity contribution in [1.29, 1.82) is 0 Å². The number of nitrogens with zero attached hydrogens (tertiary/aromatic N) is 1. The van der Waals surface area contributed by atoms with Crippen molar-refractivity contribution in [3.63, 3.8) is 0 Å². The van der Waals surface area contributed by atoms with Gasteiger partial charge in [-0.1, -0.05) is 53.0 Å². The van der Waals surface area contributed by atoms with Gasteiger partial charge in [0.05, 0.1) is 6.04 Å². The van der Waals surface area contributed by atoms with Gasteiger partial charge in [-0.3, -0.25) is 9.69 Å². The van der Waals surface area contributed by atoms with Crippen LogP contribution in [0.3, 0.4) is 0 Å². The van der Waals surface area contributed by atoms with Crippen LogP contribution in [0.5, 0.6) is 0 Å². The van der Waals surface area contributed by atoms with Crippen LogP contribution in [-0.4, -0.2) is 32.2 Å². The molecule has 3 rings (SSSR count). The highest BCUT2D eigenvalue weighted by Gasteiger charge is 2.33. The normalized spacial score (nSPS) is 16.8. The van der Waals surface area contributed by atoms with Crippen molar-refractivity contribution >= 4 is 63.7 Å². The summed E-state index contributed by atoms with van der Waals surface area (Å²) in [5.74, 6) is -0.0518. The van der Waals surface area contributed by atoms with Crippen LogP contribution in [0.2, 0.25) is 0 Å². The number of para-hydroxylation sites is 1. The average molecular weight is 402 g/mol. The Morgan fingerprint density at radius 1 is 1.28 bits per heavy atom. The lowest BCUT2D eigenvalue weighted by Gasteiger charge is -2.30. The Morgan fingerprint density at radius 2 is 2.00 bits per heavy atom. The molecule has 0 fully saturated rings. The number of nitrogens with one attached hydrogen (secondary N) is 1. The molecule has 1 amide bonds. The third kappa shape index (κ3) is 3.94. The Kier molecular flexibility index (Phi) is 5.00. The number of alkyl halides is 3. The molecule has 0 saturated heterocycles. The molecule has 0 bridgehead atoms. The van der Waals surface area contributed by atoms with Gasteiger partial charge in [0, 0.05) is 34.8 Å². The number of H-pyrrole nitrogens is 1. The molecule has 5 nitrogen and oxygen atoms in total. The topological polar surface area (TPSA) is 62.4 Å². The zero-order chi connectivity index (χ0) is 18.2. The first kappa shape index (κ1) is 18.1. The maximum Gasteiger partial charge on any atom is 0.414 e. The molecule has 1 atom stereocenters. The van der Waals surface area contributed by atoms with Crippen LogP contribution in [0.15, 0.2) is 30.5 Å². The van der Waals surface area contributed by atoms with E-state index >= 15 is 0 Å². The first-order valence-electron chi connectivity index (χ1n) is 7.56. The highest BCUT2D eigenvalue weighted by Crippen LogP contribution is 2.37. The van der Waals surface area contributed by atoms with Crippen LogP contribution in [0, 0.1) is 0 Å². The monoisotopic (exact) mass is 400 g/mol. The van der Waals surface area contributed by atoms with Crippen LogP contribution >= 0.6 is 34.8 Å². The number of hydrogen-bond donors (Lipinski definition) is 1. The molecule has 1 aliphatic rings. The third-order valence-corrected chi connectivity index (χ3v) is 4.23. The Hall–Kier alpha value is -1.69. The van der Waals surface area contributed by atoms with Crippen molar-refractivity contribution in [3.05, 3.63) is 41.7 Å². The molecule has 0 saturated carbocycles. The fraction of sp³-hybridized carbons (Fsp3) is 0.294. The van der Waals surface area contributed by atoms with Gasteiger partial charge in [-0.2, -0.15) is 0 Å². The number of ether oxygens (including phenoxy) is 1. The van der Waals surface area contributed by atoms with Gasteiger partial charge in [0.25, 0.3) is 0 Å². The van der Waals surface area contributed by atoms with Crippen LogP contribution in [0.4, 0.5) is 4.79 Å². The summed E-state index contributed by atoms with van der Waals surface area (Å²) in [5, 5.41) is 1.02. The Labute approximate surface area is 159 Å². The van der Waals surface area contributed by atoms with Crippen molar-refractivity contribution < 1.29 is 14.3 Å². The minimum absolute atomic E-state index is 0.0518. The van der Waals surface area contributed by atoms with E-state index in [0.717, 1.165) is 22.2 Å². The van der Waals surface area contributed by atoms with E-state index in [0.29, 0.717) is 0 Å². The largest absolute Gasteiger partial charge is 0.445 e. The second-order valence-electron chi connectivity index (χ2n) is 5.81. The number of aromatic nitrogens is 1. The zero-order valence-electron chi connectivity index (χ0n) is 13.3. The highest BCUT2D eigenvalue weighted by molar-refractivity contribution is 6.67. The van der Waals surface area contributed by atoms with E-state index in [1.54, 1.807) is 12.3 Å². The summed E-state index contributed by atoms with van der Waals surface area (Å²) in [5.41, 5.74) is 2.67. The first-order valence-corrected chi connectivity index (χ1v) is 8.70. The molecule has 25 heavy (non-hydrogen) atoms. The van der Waals surface area contributed by atoms with Crippen LogP contribution < -0.4 is 0 Å². The molecule has 8 heteroatoms. The fourth-order valence-electron chi connectivity index (χ4n) is 2.90. The second-order valence-corrected chi connectivity index (χ2v) is 8.33. The standard InChI is InChI=1S/C17H15Cl3N2O3/c1-10(23)8-14-15-12(11-4-2-3-5-13(11)21-15)6-7-22(14)16(24)25-9-17(18,19)20/h2-7,14,21H,8-9H2,1H3/t14-/m0/s1. The summed E-state index contributed by atoms with van der Waals surface area (Å²) in [7, 11) is 0. The second kappa shape index (κ2) is 6.90. The van der Waals surface area contributed by atoms with E-state index in [2.05, 4.69) is 4.98 Å². The van der Waals surface area contributed by atoms with E-state index in [4.69, 9.17) is 39.5 Å². The number of fused-ring (bicyclic) bond motifs is 3. The maximum absolute atomic E-state index is 12.4. The van der Waals surface area contributed by atoms with Gasteiger partial charge in [0.15, 0.2) is 0 Å². The van der Waals surface area contributed by atoms with Gasteiger partial charge < -0.3 is 9.72 Å². The third-order valence-electron chi connectivity index (χ3n) is 3.90. The molecule has 2 heterocycles. The number of carbonyl (C=O) groups is 2. The van der Waals surface area contributed by atoms with Gasteiger partial charge in [-0.25, -0.2) is 4.79 Å². The van der Waals surface area contributed by atoms with E-state index < -0.39 is 15.9 Å². The lowest BCUT2D eigenvalue weighted by atomic mass is 9.98. The average Bonchev–Trinajstić information content (AvgIpc) is 2.91. The molecular weight excluding hydrogens is 387 g/mol. The molecular formula is C17H15Cl3N2O3. The van der Waals surface area contributed by atoms with E-state index in [1.165, 1.54) is 11.8 Å². The molecule has 2 aromatic rings. The number of halogens is 3. The molecule has 0 radical (unpaired) electrons. The van der Waals surface area contributed by atoms with Crippen LogP contribution in [0.1, 0.15) is 30.6 Å². The van der Waals surface area contributed by atoms with Gasteiger partial charge in [-0.15, -0.1) is 0 Å². The number of benzene rings is 1. The Bertz CT molecular complexity index is 854. The molecule has 0 unspecified atom stereocenters. The fourth-order valence-corrected chi connectivity index (χ4v) is 3.07. The molecule has 1 aromatic carbocycles. The SMILES string of the molecule is CC(=O)C[C@H]1c2[nH]c3ccccc3c2C=CN1C(=O)OCC(Cl)(Cl)Cl. The lowest BCUT2D eigenvalue weighted by Crippen LogP contribution is -2.35. The molecule has 1 aliphatic heterocycles. The Balaban J connectivity index is 1.95. The van der Waals surface area contributed by atoms with Crippen molar-refractivity contribution in [1.82, 2.24) is 9.88 Å². The highest BCUT2D eigenvalue weighted by atomic mass is 35.6. The van der Waals surface area contributed by atoms with Gasteiger partial charge >= 0.3 is 6.09 Å². The summed E-state index contributed by atoms with van der Waals surface area (Å²) < 4.78 is 3.36. The van der Waals surface area contributed by atoms with Crippen LogP contribution in [-0.2, 0) is 9.53 Å². The van der Waals surface area contributed by atoms with Gasteiger partial charge in [-0.05, 0) is 19.1 Å². The number of aromatic amines is 1. The number of amides is 1. The predicted octanol–water partition coefficient (Wildman–Crippen LogP) is 4.98. The maximum atomic E-state index is 12.4. The number of hydrogen-bond acceptors (Lipinski definition) is 3. The van der Waals surface area contributed by atoms with Gasteiger partial charge in [0.1, 0.15) is 12.4 Å². The zero-order valence-corrected chi connectivity index (χ0v) is 15.5. The summed E-state index contributed by atoms with van der Waals surface area (Å²) >= 11 is 16.9. The molecule has 0 aliphatic carbocycles. The summed E-state index contributed by atoms with van der Waals surface area (Å²) in [6.07, 6.45) is 2.86. The van der Waals surface area contributed by atoms with Gasteiger partial charge in [0.2, 0.25) is 3.79 Å². The summed E-state index contributed by atoms with van der Waals surface area (Å²) in [6.45, 7) is 1.10. The van der Waals surface area contributed by atoms with Crippen molar-refractivity contribution in [3.8, 4) is 0 Å². The molecule has 1 N–H and O–H groups in total. The number of Topliss-reactive ketones (excluding diaryl/α,β-unsaturated/α-hetero) is 1. The molecule has 1 aromatic heterocycles. The first-order chi connectivity index (χ1) is 11.8. The number of rotatable bonds is 3. The number of ketones is 1. The lowest BCUT2D eigenvalue weighted by molar-refractivity contribution is -0.118. The van der Waals surface area contributed by atoms with E-state index in [9.17, 15) is 9.59 Å². The summed E-state index contributed by atoms with van der Waals surface area (Å²) in [6, 6.07) is 7.27. The van der Waals surface area contributed by atoms with Crippen molar-refractivity contribution in [2.75, 3.05) is 6.61 Å². The van der Waals surface area contributed by atoms with E-state index in [-0.39, 0.29) is 18.8 Å². The summed E-state index contributed by atoms with van der Waals surface area (Å²) in [4.78, 5) is 28.8. The quantitative estimate of drug-likeness (QED) is 0.738. The molecule has 132 valence electrons. The number of carbonyl (C=O) groups excluding carboxylic acids is 2. The van der Waals surface area contributed by atoms with Crippen molar-refractivity contribution in [2.24, 2.45) is 0 Å². The van der Waals surface area contributed by atoms with E-state index in [1.807, 2.05) is 24.3 Å². The predicted molar refractivity (Wildman–Crippen MR) is 98.8 cm³/mol. The minimum Gasteiger partial charge on any atom is -0.445 e. The Morgan fingerprint density at radius 3 is 2.68 bits per heavy atom. The van der Waals surface area contributed by atoms with Crippen molar-refractivity contribution in [2.45, 2.75) is 23.2 Å².